The van der Waals surface area contributed by atoms with Gasteiger partial charge in [0.2, 0.25) is 0 Å². The van der Waals surface area contributed by atoms with Crippen molar-refractivity contribution >= 4 is 0 Å². The number of hydrogen-bond acceptors (Lipinski definition) is 1. The van der Waals surface area contributed by atoms with Crippen molar-refractivity contribution in [2.75, 3.05) is 13.1 Å². The van der Waals surface area contributed by atoms with Crippen molar-refractivity contribution < 1.29 is 0 Å². The Labute approximate surface area is 63.0 Å². The van der Waals surface area contributed by atoms with Gasteiger partial charge in [-0.05, 0) is 25.5 Å². The third-order valence-electron chi connectivity index (χ3n) is 1.76. The summed E-state index contributed by atoms with van der Waals surface area (Å²) in [4.78, 5) is 2.36. The molecule has 0 aromatic carbocycles. The fraction of sp³-hybridized carbons (Fsp3) is 0.556. The molecule has 0 aromatic rings. The lowest BCUT2D eigenvalue weighted by Crippen LogP contribution is -2.09. The summed E-state index contributed by atoms with van der Waals surface area (Å²) in [6.07, 6.45) is 9.99. The van der Waals surface area contributed by atoms with Crippen molar-refractivity contribution in [2.45, 2.75) is 19.3 Å². The molecule has 0 aromatic heterocycles. The van der Waals surface area contributed by atoms with Gasteiger partial charge in [0.25, 0.3) is 0 Å². The smallest absolute Gasteiger partial charge is 0.0173 e. The zero-order valence-corrected chi connectivity index (χ0v) is 6.42. The molecule has 0 amide bonds. The van der Waals surface area contributed by atoms with Gasteiger partial charge < -0.3 is 4.90 Å². The van der Waals surface area contributed by atoms with E-state index >= 15 is 0 Å². The monoisotopic (exact) mass is 137 g/mol. The minimum atomic E-state index is 0.997. The maximum absolute atomic E-state index is 3.66. The van der Waals surface area contributed by atoms with E-state index < -0.39 is 0 Å². The fourth-order valence-electron chi connectivity index (χ4n) is 1.20. The Morgan fingerprint density at radius 2 is 2.00 bits per heavy atom. The largest absolute Gasteiger partial charge is 0.378 e. The molecule has 1 saturated heterocycles. The van der Waals surface area contributed by atoms with Crippen LogP contribution in [0, 0.1) is 0 Å². The van der Waals surface area contributed by atoms with Crippen LogP contribution in [-0.2, 0) is 0 Å². The molecular weight excluding hydrogens is 122 g/mol. The quantitative estimate of drug-likeness (QED) is 0.539. The van der Waals surface area contributed by atoms with Crippen molar-refractivity contribution in [1.29, 1.82) is 0 Å². The summed E-state index contributed by atoms with van der Waals surface area (Å²) in [5.41, 5.74) is 0. The maximum Gasteiger partial charge on any atom is 0.0173 e. The lowest BCUT2D eigenvalue weighted by Gasteiger charge is -2.09. The standard InChI is InChI=1S/C9H15N/c1-2-3-4-7-10-8-5-6-9-10/h2,4,7H,1,3,5-6,8-9H2. The molecule has 1 aliphatic rings. The number of nitrogens with zero attached hydrogens (tertiary/aromatic N) is 1. The molecule has 1 nitrogen and oxygen atoms in total. The van der Waals surface area contributed by atoms with Crippen LogP contribution < -0.4 is 0 Å². The number of rotatable bonds is 3. The highest BCUT2D eigenvalue weighted by Gasteiger charge is 2.04. The van der Waals surface area contributed by atoms with Crippen molar-refractivity contribution in [3.63, 3.8) is 0 Å². The fourth-order valence-corrected chi connectivity index (χ4v) is 1.20. The zero-order chi connectivity index (χ0) is 7.23. The summed E-state index contributed by atoms with van der Waals surface area (Å²) in [5, 5.41) is 0. The Hall–Kier alpha value is -0.720. The lowest BCUT2D eigenvalue weighted by molar-refractivity contribution is 0.467. The molecule has 10 heavy (non-hydrogen) atoms. The Kier molecular flexibility index (Phi) is 3.07. The SMILES string of the molecule is C=CCC=CN1CCCC1. The van der Waals surface area contributed by atoms with E-state index in [-0.39, 0.29) is 0 Å². The second-order valence-electron chi connectivity index (χ2n) is 2.65. The summed E-state index contributed by atoms with van der Waals surface area (Å²) in [5.74, 6) is 0. The van der Waals surface area contributed by atoms with Crippen molar-refractivity contribution in [3.05, 3.63) is 24.9 Å². The second-order valence-corrected chi connectivity index (χ2v) is 2.65. The van der Waals surface area contributed by atoms with Crippen LogP contribution >= 0.6 is 0 Å². The van der Waals surface area contributed by atoms with Gasteiger partial charge in [-0.25, -0.2) is 0 Å². The second kappa shape index (κ2) is 4.15. The molecule has 0 bridgehead atoms. The number of hydrogen-bond donors (Lipinski definition) is 0. The maximum atomic E-state index is 3.66. The van der Waals surface area contributed by atoms with Crippen LogP contribution in [0.25, 0.3) is 0 Å². The molecule has 0 atom stereocenters. The molecule has 0 saturated carbocycles. The van der Waals surface area contributed by atoms with Gasteiger partial charge in [0.05, 0.1) is 0 Å². The first-order valence-electron chi connectivity index (χ1n) is 3.95. The average Bonchev–Trinajstić information content (AvgIpc) is 2.41. The van der Waals surface area contributed by atoms with Crippen LogP contribution in [-0.4, -0.2) is 18.0 Å². The predicted molar refractivity (Wildman–Crippen MR) is 44.8 cm³/mol. The Morgan fingerprint density at radius 1 is 1.30 bits per heavy atom. The molecule has 1 fully saturated rings. The van der Waals surface area contributed by atoms with Crippen molar-refractivity contribution in [1.82, 2.24) is 4.90 Å². The Morgan fingerprint density at radius 3 is 2.60 bits per heavy atom. The van der Waals surface area contributed by atoms with E-state index in [9.17, 15) is 0 Å². The average molecular weight is 137 g/mol. The molecule has 0 radical (unpaired) electrons. The molecule has 56 valence electrons. The minimum absolute atomic E-state index is 0.997. The summed E-state index contributed by atoms with van der Waals surface area (Å²) >= 11 is 0. The van der Waals surface area contributed by atoms with Gasteiger partial charge in [-0.3, -0.25) is 0 Å². The molecule has 0 N–H and O–H groups in total. The van der Waals surface area contributed by atoms with E-state index in [1.807, 2.05) is 6.08 Å². The van der Waals surface area contributed by atoms with Crippen LogP contribution in [0.4, 0.5) is 0 Å². The molecule has 0 spiro atoms. The molecular formula is C9H15N. The van der Waals surface area contributed by atoms with Crippen molar-refractivity contribution in [2.24, 2.45) is 0 Å². The molecule has 0 aliphatic carbocycles. The van der Waals surface area contributed by atoms with Gasteiger partial charge in [0, 0.05) is 13.1 Å². The summed E-state index contributed by atoms with van der Waals surface area (Å²) in [7, 11) is 0. The summed E-state index contributed by atoms with van der Waals surface area (Å²) < 4.78 is 0. The van der Waals surface area contributed by atoms with Crippen LogP contribution in [0.1, 0.15) is 19.3 Å². The number of allylic oxidation sites excluding steroid dienone is 2. The van der Waals surface area contributed by atoms with Gasteiger partial charge in [-0.2, -0.15) is 0 Å². The number of likely N-dealkylation sites (tertiary alicyclic amines) is 1. The summed E-state index contributed by atoms with van der Waals surface area (Å²) in [6.45, 7) is 6.14. The highest BCUT2D eigenvalue weighted by Crippen LogP contribution is 2.07. The van der Waals surface area contributed by atoms with E-state index in [1.54, 1.807) is 0 Å². The predicted octanol–water partition coefficient (Wildman–Crippen LogP) is 2.17. The highest BCUT2D eigenvalue weighted by atomic mass is 15.1. The summed E-state index contributed by atoms with van der Waals surface area (Å²) in [6, 6.07) is 0. The van der Waals surface area contributed by atoms with Gasteiger partial charge in [-0.15, -0.1) is 6.58 Å². The van der Waals surface area contributed by atoms with E-state index in [2.05, 4.69) is 23.8 Å². The van der Waals surface area contributed by atoms with E-state index in [0.717, 1.165) is 6.42 Å². The Balaban J connectivity index is 2.16. The van der Waals surface area contributed by atoms with Gasteiger partial charge in [-0.1, -0.05) is 12.2 Å². The minimum Gasteiger partial charge on any atom is -0.378 e. The van der Waals surface area contributed by atoms with Crippen molar-refractivity contribution in [3.8, 4) is 0 Å². The van der Waals surface area contributed by atoms with E-state index in [4.69, 9.17) is 0 Å². The van der Waals surface area contributed by atoms with Crippen LogP contribution in [0.2, 0.25) is 0 Å². The molecule has 0 unspecified atom stereocenters. The lowest BCUT2D eigenvalue weighted by atomic mass is 10.4. The highest BCUT2D eigenvalue weighted by molar-refractivity contribution is 4.89. The van der Waals surface area contributed by atoms with Crippen LogP contribution in [0.15, 0.2) is 24.9 Å². The van der Waals surface area contributed by atoms with Gasteiger partial charge in [0.15, 0.2) is 0 Å². The zero-order valence-electron chi connectivity index (χ0n) is 6.42. The molecule has 1 heterocycles. The van der Waals surface area contributed by atoms with Crippen LogP contribution in [0.5, 0.6) is 0 Å². The van der Waals surface area contributed by atoms with E-state index in [0.29, 0.717) is 0 Å². The van der Waals surface area contributed by atoms with E-state index in [1.165, 1.54) is 25.9 Å². The topological polar surface area (TPSA) is 3.24 Å². The van der Waals surface area contributed by atoms with Crippen LogP contribution in [0.3, 0.4) is 0 Å². The Bertz CT molecular complexity index is 121. The molecule has 1 heteroatoms. The first kappa shape index (κ1) is 7.39. The van der Waals surface area contributed by atoms with Gasteiger partial charge >= 0.3 is 0 Å². The first-order valence-corrected chi connectivity index (χ1v) is 3.95. The van der Waals surface area contributed by atoms with Gasteiger partial charge in [0.1, 0.15) is 0 Å². The molecule has 1 aliphatic heterocycles. The third kappa shape index (κ3) is 2.26. The third-order valence-corrected chi connectivity index (χ3v) is 1.76. The first-order chi connectivity index (χ1) is 4.93. The molecule has 1 rings (SSSR count). The normalized spacial score (nSPS) is 18.6.